The Balaban J connectivity index is 2.77. The highest BCUT2D eigenvalue weighted by Gasteiger charge is 2.12. The summed E-state index contributed by atoms with van der Waals surface area (Å²) in [7, 11) is 5.06. The molecule has 0 aliphatic carbocycles. The lowest BCUT2D eigenvalue weighted by atomic mass is 10.2. The molecular weight excluding hydrogens is 244 g/mol. The molecule has 5 nitrogen and oxygen atoms in total. The smallest absolute Gasteiger partial charge is 0.238 e. The summed E-state index contributed by atoms with van der Waals surface area (Å²) in [5.74, 6) is 1.21. The van der Waals surface area contributed by atoms with E-state index in [1.54, 1.807) is 32.4 Å². The molecule has 106 valence electrons. The normalized spacial score (nSPS) is 10.7. The number of anilines is 1. The second kappa shape index (κ2) is 6.99. The highest BCUT2D eigenvalue weighted by atomic mass is 16.5. The van der Waals surface area contributed by atoms with Gasteiger partial charge in [-0.2, -0.15) is 0 Å². The van der Waals surface area contributed by atoms with Gasteiger partial charge in [-0.15, -0.1) is 0 Å². The van der Waals surface area contributed by atoms with Crippen LogP contribution in [0.4, 0.5) is 5.69 Å². The Morgan fingerprint density at radius 3 is 2.53 bits per heavy atom. The summed E-state index contributed by atoms with van der Waals surface area (Å²) in [6.45, 7) is 4.41. The second-order valence-corrected chi connectivity index (χ2v) is 4.62. The maximum atomic E-state index is 11.9. The highest BCUT2D eigenvalue weighted by Crippen LogP contribution is 2.28. The molecule has 0 spiro atoms. The van der Waals surface area contributed by atoms with E-state index in [2.05, 4.69) is 5.32 Å². The molecule has 0 aromatic heterocycles. The van der Waals surface area contributed by atoms with Crippen LogP contribution in [0.15, 0.2) is 18.2 Å². The van der Waals surface area contributed by atoms with Crippen LogP contribution >= 0.6 is 0 Å². The molecule has 0 heterocycles. The van der Waals surface area contributed by atoms with E-state index in [0.29, 0.717) is 29.8 Å². The minimum absolute atomic E-state index is 0.0808. The second-order valence-electron chi connectivity index (χ2n) is 4.62. The first-order valence-electron chi connectivity index (χ1n) is 6.20. The molecular formula is C14H22N2O3. The highest BCUT2D eigenvalue weighted by molar-refractivity contribution is 5.94. The molecule has 0 aliphatic rings. The first kappa shape index (κ1) is 15.3. The van der Waals surface area contributed by atoms with Crippen LogP contribution < -0.4 is 14.8 Å². The van der Waals surface area contributed by atoms with E-state index in [1.165, 1.54) is 0 Å². The topological polar surface area (TPSA) is 50.8 Å². The molecule has 0 unspecified atom stereocenters. The first-order chi connectivity index (χ1) is 8.97. The van der Waals surface area contributed by atoms with Gasteiger partial charge in [0, 0.05) is 12.1 Å². The quantitative estimate of drug-likeness (QED) is 0.855. The summed E-state index contributed by atoms with van der Waals surface area (Å²) in [4.78, 5) is 13.9. The first-order valence-corrected chi connectivity index (χ1v) is 6.20. The standard InChI is InChI=1S/C14H22N2O3/c1-10(2)16(3)9-14(17)15-12-8-11(18-4)6-7-13(12)19-5/h6-8,10H,9H2,1-5H3,(H,15,17). The van der Waals surface area contributed by atoms with Crippen LogP contribution in [0, 0.1) is 0 Å². The number of hydrogen-bond donors (Lipinski definition) is 1. The minimum atomic E-state index is -0.0808. The zero-order valence-electron chi connectivity index (χ0n) is 12.2. The van der Waals surface area contributed by atoms with Gasteiger partial charge >= 0.3 is 0 Å². The molecule has 1 rings (SSSR count). The molecule has 1 aromatic carbocycles. The van der Waals surface area contributed by atoms with Crippen LogP contribution in [0.3, 0.4) is 0 Å². The van der Waals surface area contributed by atoms with Gasteiger partial charge in [-0.25, -0.2) is 0 Å². The van der Waals surface area contributed by atoms with E-state index in [4.69, 9.17) is 9.47 Å². The van der Waals surface area contributed by atoms with Gasteiger partial charge in [0.1, 0.15) is 11.5 Å². The number of amides is 1. The third kappa shape index (κ3) is 4.44. The van der Waals surface area contributed by atoms with E-state index >= 15 is 0 Å². The summed E-state index contributed by atoms with van der Waals surface area (Å²) >= 11 is 0. The van der Waals surface area contributed by atoms with E-state index in [-0.39, 0.29) is 5.91 Å². The van der Waals surface area contributed by atoms with Crippen molar-refractivity contribution in [2.45, 2.75) is 19.9 Å². The van der Waals surface area contributed by atoms with Gasteiger partial charge in [-0.1, -0.05) is 0 Å². The molecule has 5 heteroatoms. The molecule has 0 bridgehead atoms. The lowest BCUT2D eigenvalue weighted by Gasteiger charge is -2.20. The van der Waals surface area contributed by atoms with Crippen molar-refractivity contribution in [1.82, 2.24) is 4.90 Å². The summed E-state index contributed by atoms with van der Waals surface area (Å²) in [5.41, 5.74) is 0.615. The van der Waals surface area contributed by atoms with Crippen molar-refractivity contribution < 1.29 is 14.3 Å². The molecule has 0 radical (unpaired) electrons. The average molecular weight is 266 g/mol. The van der Waals surface area contributed by atoms with E-state index in [1.807, 2.05) is 25.8 Å². The molecule has 0 aliphatic heterocycles. The number of carbonyl (C=O) groups excluding carboxylic acids is 1. The van der Waals surface area contributed by atoms with E-state index < -0.39 is 0 Å². The lowest BCUT2D eigenvalue weighted by molar-refractivity contribution is -0.117. The molecule has 1 amide bonds. The predicted molar refractivity (Wildman–Crippen MR) is 75.9 cm³/mol. The van der Waals surface area contributed by atoms with E-state index in [9.17, 15) is 4.79 Å². The zero-order valence-corrected chi connectivity index (χ0v) is 12.2. The third-order valence-electron chi connectivity index (χ3n) is 2.96. The molecule has 19 heavy (non-hydrogen) atoms. The van der Waals surface area contributed by atoms with Gasteiger partial charge in [-0.05, 0) is 33.0 Å². The fourth-order valence-electron chi connectivity index (χ4n) is 1.51. The molecule has 1 aromatic rings. The number of ether oxygens (including phenoxy) is 2. The molecule has 0 saturated heterocycles. The third-order valence-corrected chi connectivity index (χ3v) is 2.96. The van der Waals surface area contributed by atoms with Crippen molar-refractivity contribution in [1.29, 1.82) is 0 Å². The number of benzene rings is 1. The van der Waals surface area contributed by atoms with Crippen molar-refractivity contribution in [3.8, 4) is 11.5 Å². The van der Waals surface area contributed by atoms with Crippen LogP contribution in [-0.4, -0.2) is 44.7 Å². The largest absolute Gasteiger partial charge is 0.497 e. The maximum absolute atomic E-state index is 11.9. The minimum Gasteiger partial charge on any atom is -0.497 e. The Kier molecular flexibility index (Phi) is 5.63. The van der Waals surface area contributed by atoms with E-state index in [0.717, 1.165) is 0 Å². The van der Waals surface area contributed by atoms with Gasteiger partial charge in [0.05, 0.1) is 26.5 Å². The number of hydrogen-bond acceptors (Lipinski definition) is 4. The molecule has 1 N–H and O–H groups in total. The van der Waals surface area contributed by atoms with Gasteiger partial charge in [-0.3, -0.25) is 9.69 Å². The Bertz CT molecular complexity index is 433. The predicted octanol–water partition coefficient (Wildman–Crippen LogP) is 1.98. The number of methoxy groups -OCH3 is 2. The Labute approximate surface area is 114 Å². The number of carbonyl (C=O) groups is 1. The summed E-state index contributed by atoms with van der Waals surface area (Å²) < 4.78 is 10.4. The SMILES string of the molecule is COc1ccc(OC)c(NC(=O)CN(C)C(C)C)c1. The zero-order chi connectivity index (χ0) is 14.4. The Morgan fingerprint density at radius 1 is 1.32 bits per heavy atom. The molecule has 0 fully saturated rings. The fraction of sp³-hybridized carbons (Fsp3) is 0.500. The van der Waals surface area contributed by atoms with Crippen molar-refractivity contribution >= 4 is 11.6 Å². The van der Waals surface area contributed by atoms with Crippen LogP contribution in [-0.2, 0) is 4.79 Å². The molecule has 0 atom stereocenters. The monoisotopic (exact) mass is 266 g/mol. The summed E-state index contributed by atoms with van der Waals surface area (Å²) in [5, 5.41) is 2.84. The van der Waals surface area contributed by atoms with Gasteiger partial charge in [0.15, 0.2) is 0 Å². The number of nitrogens with one attached hydrogen (secondary N) is 1. The van der Waals surface area contributed by atoms with Crippen LogP contribution in [0.25, 0.3) is 0 Å². The number of rotatable bonds is 6. The Morgan fingerprint density at radius 2 is 2.00 bits per heavy atom. The van der Waals surface area contributed by atoms with Crippen LogP contribution in [0.5, 0.6) is 11.5 Å². The van der Waals surface area contributed by atoms with Gasteiger partial charge in [0.25, 0.3) is 0 Å². The Hall–Kier alpha value is -1.75. The van der Waals surface area contributed by atoms with Gasteiger partial charge < -0.3 is 14.8 Å². The van der Waals surface area contributed by atoms with Gasteiger partial charge in [0.2, 0.25) is 5.91 Å². The summed E-state index contributed by atoms with van der Waals surface area (Å²) in [6, 6.07) is 5.61. The van der Waals surface area contributed by atoms with Crippen LogP contribution in [0.2, 0.25) is 0 Å². The van der Waals surface area contributed by atoms with Crippen LogP contribution in [0.1, 0.15) is 13.8 Å². The fourth-order valence-corrected chi connectivity index (χ4v) is 1.51. The van der Waals surface area contributed by atoms with Crippen molar-refractivity contribution in [3.05, 3.63) is 18.2 Å². The summed E-state index contributed by atoms with van der Waals surface area (Å²) in [6.07, 6.45) is 0. The average Bonchev–Trinajstić information content (AvgIpc) is 2.38. The van der Waals surface area contributed by atoms with Crippen molar-refractivity contribution in [2.75, 3.05) is 33.1 Å². The van der Waals surface area contributed by atoms with Crippen molar-refractivity contribution in [3.63, 3.8) is 0 Å². The number of nitrogens with zero attached hydrogens (tertiary/aromatic N) is 1. The molecule has 0 saturated carbocycles. The lowest BCUT2D eigenvalue weighted by Crippen LogP contribution is -2.34. The number of likely N-dealkylation sites (N-methyl/N-ethyl adjacent to an activating group) is 1. The van der Waals surface area contributed by atoms with Crippen molar-refractivity contribution in [2.24, 2.45) is 0 Å². The maximum Gasteiger partial charge on any atom is 0.238 e.